The summed E-state index contributed by atoms with van der Waals surface area (Å²) in [6.07, 6.45) is 4.03. The Hall–Kier alpha value is -0.960. The second kappa shape index (κ2) is 4.37. The van der Waals surface area contributed by atoms with Gasteiger partial charge in [-0.3, -0.25) is 4.79 Å². The number of hydrogen-bond donors (Lipinski definition) is 1. The van der Waals surface area contributed by atoms with Crippen molar-refractivity contribution < 1.29 is 4.79 Å². The Morgan fingerprint density at radius 1 is 1.29 bits per heavy atom. The maximum atomic E-state index is 12.0. The molecule has 1 aliphatic heterocycles. The summed E-state index contributed by atoms with van der Waals surface area (Å²) in [4.78, 5) is 14.0. The Morgan fingerprint density at radius 2 is 2.12 bits per heavy atom. The molecule has 17 heavy (non-hydrogen) atoms. The number of amides is 1. The molecule has 90 valence electrons. The number of carbonyl (C=O) groups excluding carboxylic acids is 1. The van der Waals surface area contributed by atoms with Crippen LogP contribution in [0.2, 0.25) is 0 Å². The van der Waals surface area contributed by atoms with Crippen LogP contribution in [-0.4, -0.2) is 22.6 Å². The van der Waals surface area contributed by atoms with Gasteiger partial charge in [-0.2, -0.15) is 12.6 Å². The highest BCUT2D eigenvalue weighted by Gasteiger charge is 2.35. The lowest BCUT2D eigenvalue weighted by Crippen LogP contribution is -2.32. The molecule has 2 nitrogen and oxygen atoms in total. The predicted molar refractivity (Wildman–Crippen MR) is 71.2 cm³/mol. The normalized spacial score (nSPS) is 28.3. The first kappa shape index (κ1) is 11.1. The third kappa shape index (κ3) is 1.97. The van der Waals surface area contributed by atoms with E-state index in [9.17, 15) is 4.79 Å². The molecule has 2 unspecified atom stereocenters. The third-order valence-electron chi connectivity index (χ3n) is 3.85. The number of aryl methyl sites for hydroxylation is 1. The molecule has 0 radical (unpaired) electrons. The van der Waals surface area contributed by atoms with Crippen LogP contribution in [0.15, 0.2) is 24.3 Å². The van der Waals surface area contributed by atoms with Crippen molar-refractivity contribution in [2.45, 2.75) is 37.0 Å². The zero-order valence-corrected chi connectivity index (χ0v) is 10.7. The molecule has 1 aromatic carbocycles. The number of benzene rings is 1. The van der Waals surface area contributed by atoms with Crippen LogP contribution in [0.3, 0.4) is 0 Å². The maximum Gasteiger partial charge on any atom is 0.224 e. The van der Waals surface area contributed by atoms with Crippen molar-refractivity contribution in [2.24, 2.45) is 0 Å². The molecule has 0 bridgehead atoms. The largest absolute Gasteiger partial charge is 0.334 e. The van der Waals surface area contributed by atoms with Crippen molar-refractivity contribution in [1.82, 2.24) is 4.90 Å². The molecule has 0 N–H and O–H groups in total. The van der Waals surface area contributed by atoms with Crippen LogP contribution in [0.1, 0.15) is 36.4 Å². The Labute approximate surface area is 107 Å². The number of fused-ring (bicyclic) bond motifs is 1. The van der Waals surface area contributed by atoms with Crippen LogP contribution >= 0.6 is 12.6 Å². The quantitative estimate of drug-likeness (QED) is 0.756. The van der Waals surface area contributed by atoms with Gasteiger partial charge in [-0.05, 0) is 30.4 Å². The number of nitrogens with zero attached hydrogens (tertiary/aromatic N) is 1. The number of carbonyl (C=O) groups is 1. The predicted octanol–water partition coefficient (Wildman–Crippen LogP) is 2.59. The zero-order chi connectivity index (χ0) is 11.8. The molecular weight excluding hydrogens is 230 g/mol. The van der Waals surface area contributed by atoms with E-state index in [0.717, 1.165) is 19.4 Å². The lowest BCUT2D eigenvalue weighted by Gasteiger charge is -2.33. The molecule has 1 aromatic rings. The van der Waals surface area contributed by atoms with Gasteiger partial charge in [0.25, 0.3) is 0 Å². The standard InChI is InChI=1S/C14H17NOS/c16-14-8-11(17)9-15(14)13-7-3-5-10-4-1-2-6-12(10)13/h1-2,4,6,11,13,17H,3,5,7-9H2. The van der Waals surface area contributed by atoms with Crippen LogP contribution in [-0.2, 0) is 11.2 Å². The summed E-state index contributed by atoms with van der Waals surface area (Å²) in [5.41, 5.74) is 2.77. The minimum Gasteiger partial charge on any atom is -0.334 e. The number of likely N-dealkylation sites (tertiary alicyclic amines) is 1. The van der Waals surface area contributed by atoms with E-state index in [1.165, 1.54) is 17.5 Å². The SMILES string of the molecule is O=C1CC(S)CN1C1CCCc2ccccc21. The van der Waals surface area contributed by atoms with Gasteiger partial charge >= 0.3 is 0 Å². The summed E-state index contributed by atoms with van der Waals surface area (Å²) in [5, 5.41) is 0.219. The van der Waals surface area contributed by atoms with Crippen LogP contribution < -0.4 is 0 Å². The van der Waals surface area contributed by atoms with Crippen LogP contribution in [0.4, 0.5) is 0 Å². The molecule has 0 aromatic heterocycles. The van der Waals surface area contributed by atoms with Crippen molar-refractivity contribution in [3.8, 4) is 0 Å². The lowest BCUT2D eigenvalue weighted by atomic mass is 9.87. The maximum absolute atomic E-state index is 12.0. The Balaban J connectivity index is 1.93. The number of rotatable bonds is 1. The smallest absolute Gasteiger partial charge is 0.224 e. The topological polar surface area (TPSA) is 20.3 Å². The highest BCUT2D eigenvalue weighted by atomic mass is 32.1. The van der Waals surface area contributed by atoms with Crippen molar-refractivity contribution in [3.05, 3.63) is 35.4 Å². The van der Waals surface area contributed by atoms with Gasteiger partial charge in [0.05, 0.1) is 6.04 Å². The van der Waals surface area contributed by atoms with Crippen LogP contribution in [0.25, 0.3) is 0 Å². The molecule has 1 amide bonds. The molecule has 2 aliphatic rings. The summed E-state index contributed by atoms with van der Waals surface area (Å²) < 4.78 is 0. The minimum atomic E-state index is 0.219. The van der Waals surface area contributed by atoms with Gasteiger partial charge in [-0.25, -0.2) is 0 Å². The van der Waals surface area contributed by atoms with E-state index < -0.39 is 0 Å². The average molecular weight is 247 g/mol. The van der Waals surface area contributed by atoms with Gasteiger partial charge in [0.15, 0.2) is 0 Å². The zero-order valence-electron chi connectivity index (χ0n) is 9.80. The highest BCUT2D eigenvalue weighted by molar-refractivity contribution is 7.81. The molecule has 1 saturated heterocycles. The van der Waals surface area contributed by atoms with E-state index in [0.29, 0.717) is 12.5 Å². The molecule has 0 spiro atoms. The first-order valence-electron chi connectivity index (χ1n) is 6.31. The Morgan fingerprint density at radius 3 is 2.88 bits per heavy atom. The lowest BCUT2D eigenvalue weighted by molar-refractivity contribution is -0.130. The highest BCUT2D eigenvalue weighted by Crippen LogP contribution is 2.37. The van der Waals surface area contributed by atoms with E-state index in [1.807, 2.05) is 4.90 Å². The van der Waals surface area contributed by atoms with Gasteiger partial charge in [-0.1, -0.05) is 24.3 Å². The van der Waals surface area contributed by atoms with Gasteiger partial charge in [0.1, 0.15) is 0 Å². The van der Waals surface area contributed by atoms with E-state index in [2.05, 4.69) is 36.9 Å². The van der Waals surface area contributed by atoms with E-state index in [4.69, 9.17) is 0 Å². The third-order valence-corrected chi connectivity index (χ3v) is 4.20. The van der Waals surface area contributed by atoms with E-state index in [-0.39, 0.29) is 11.2 Å². The van der Waals surface area contributed by atoms with Gasteiger partial charge < -0.3 is 4.90 Å². The molecule has 3 rings (SSSR count). The summed E-state index contributed by atoms with van der Waals surface area (Å²) in [7, 11) is 0. The van der Waals surface area contributed by atoms with Gasteiger partial charge in [0, 0.05) is 18.2 Å². The summed E-state index contributed by atoms with van der Waals surface area (Å²) in [6.45, 7) is 0.806. The molecule has 1 aliphatic carbocycles. The number of hydrogen-bond acceptors (Lipinski definition) is 2. The monoisotopic (exact) mass is 247 g/mol. The fourth-order valence-electron chi connectivity index (χ4n) is 3.07. The second-order valence-electron chi connectivity index (χ2n) is 5.01. The average Bonchev–Trinajstić information content (AvgIpc) is 2.68. The molecule has 3 heteroatoms. The van der Waals surface area contributed by atoms with E-state index in [1.54, 1.807) is 0 Å². The van der Waals surface area contributed by atoms with Crippen LogP contribution in [0, 0.1) is 0 Å². The van der Waals surface area contributed by atoms with E-state index >= 15 is 0 Å². The minimum absolute atomic E-state index is 0.219. The van der Waals surface area contributed by atoms with Crippen molar-refractivity contribution in [1.29, 1.82) is 0 Å². The van der Waals surface area contributed by atoms with Gasteiger partial charge in [0.2, 0.25) is 5.91 Å². The molecule has 0 saturated carbocycles. The van der Waals surface area contributed by atoms with Gasteiger partial charge in [-0.15, -0.1) is 0 Å². The van der Waals surface area contributed by atoms with Crippen LogP contribution in [0.5, 0.6) is 0 Å². The van der Waals surface area contributed by atoms with Crippen molar-refractivity contribution >= 4 is 18.5 Å². The first-order valence-corrected chi connectivity index (χ1v) is 6.82. The fraction of sp³-hybridized carbons (Fsp3) is 0.500. The van der Waals surface area contributed by atoms with Crippen molar-refractivity contribution in [2.75, 3.05) is 6.54 Å². The number of thiol groups is 1. The first-order chi connectivity index (χ1) is 8.25. The van der Waals surface area contributed by atoms with Crippen molar-refractivity contribution in [3.63, 3.8) is 0 Å². The summed E-state index contributed by atoms with van der Waals surface area (Å²) in [6, 6.07) is 8.84. The fourth-order valence-corrected chi connectivity index (χ4v) is 3.40. The summed E-state index contributed by atoms with van der Waals surface area (Å²) in [5.74, 6) is 0.270. The molecular formula is C14H17NOS. The molecule has 2 atom stereocenters. The molecule has 1 fully saturated rings. The summed E-state index contributed by atoms with van der Waals surface area (Å²) >= 11 is 4.44. The molecule has 1 heterocycles. The Kier molecular flexibility index (Phi) is 2.87. The Bertz CT molecular complexity index is 446. The second-order valence-corrected chi connectivity index (χ2v) is 5.74.